The van der Waals surface area contributed by atoms with Crippen LogP contribution in [-0.4, -0.2) is 45.4 Å². The number of nitrogens with zero attached hydrogens (tertiary/aromatic N) is 5. The fourth-order valence-electron chi connectivity index (χ4n) is 2.57. The van der Waals surface area contributed by atoms with E-state index < -0.39 is 0 Å². The molecular weight excluding hydrogens is 304 g/mol. The second kappa shape index (κ2) is 6.24. The molecule has 0 aliphatic carbocycles. The molecule has 0 saturated heterocycles. The molecule has 7 heteroatoms. The maximum absolute atomic E-state index is 5.54. The van der Waals surface area contributed by atoms with Gasteiger partial charge in [0.15, 0.2) is 11.5 Å². The topological polar surface area (TPSA) is 71.5 Å². The van der Waals surface area contributed by atoms with Gasteiger partial charge in [0.1, 0.15) is 11.6 Å². The largest absolute Gasteiger partial charge is 0.468 e. The maximum atomic E-state index is 5.54. The van der Waals surface area contributed by atoms with Gasteiger partial charge in [0.05, 0.1) is 12.3 Å². The van der Waals surface area contributed by atoms with Crippen LogP contribution in [0.4, 0.5) is 5.82 Å². The summed E-state index contributed by atoms with van der Waals surface area (Å²) in [5, 5.41) is 16.5. The summed E-state index contributed by atoms with van der Waals surface area (Å²) < 4.78 is 7.35. The van der Waals surface area contributed by atoms with E-state index in [9.17, 15) is 0 Å². The molecule has 7 nitrogen and oxygen atoms in total. The number of rotatable bonds is 5. The molecule has 3 heterocycles. The lowest BCUT2D eigenvalue weighted by atomic mass is 9.96. The first-order chi connectivity index (χ1) is 11.4. The van der Waals surface area contributed by atoms with Gasteiger partial charge in [0.2, 0.25) is 0 Å². The summed E-state index contributed by atoms with van der Waals surface area (Å²) in [6.45, 7) is 6.99. The van der Waals surface area contributed by atoms with E-state index in [0.29, 0.717) is 6.54 Å². The lowest BCUT2D eigenvalue weighted by Gasteiger charge is -2.23. The standard InChI is InChI=1S/C17H24N6O/c1-17(2,3)16-20-19-15-9-8-14(21-23(15)16)18-11-12(22(4)5)13-7-6-10-24-13/h6-10,12H,11H2,1-5H3,(H,18,21). The Hall–Kier alpha value is -2.41. The number of likely N-dealkylation sites (N-methyl/N-ethyl adjacent to an activating group) is 1. The highest BCUT2D eigenvalue weighted by Gasteiger charge is 2.22. The lowest BCUT2D eigenvalue weighted by molar-refractivity contribution is 0.269. The molecule has 1 unspecified atom stereocenters. The number of anilines is 1. The van der Waals surface area contributed by atoms with E-state index in [2.05, 4.69) is 46.3 Å². The summed E-state index contributed by atoms with van der Waals surface area (Å²) in [5.74, 6) is 2.55. The van der Waals surface area contributed by atoms with Crippen molar-refractivity contribution in [3.8, 4) is 0 Å². The fourth-order valence-corrected chi connectivity index (χ4v) is 2.57. The minimum Gasteiger partial charge on any atom is -0.468 e. The third kappa shape index (κ3) is 3.26. The molecule has 3 aromatic heterocycles. The number of furan rings is 1. The Morgan fingerprint density at radius 1 is 1.21 bits per heavy atom. The highest BCUT2D eigenvalue weighted by molar-refractivity contribution is 5.44. The highest BCUT2D eigenvalue weighted by Crippen LogP contribution is 2.22. The van der Waals surface area contributed by atoms with Gasteiger partial charge in [-0.25, -0.2) is 0 Å². The van der Waals surface area contributed by atoms with Crippen LogP contribution in [0.5, 0.6) is 0 Å². The summed E-state index contributed by atoms with van der Waals surface area (Å²) in [6, 6.07) is 7.87. The van der Waals surface area contributed by atoms with Gasteiger partial charge in [0.25, 0.3) is 0 Å². The molecule has 128 valence electrons. The number of aromatic nitrogens is 4. The van der Waals surface area contributed by atoms with E-state index in [-0.39, 0.29) is 11.5 Å². The Balaban J connectivity index is 1.82. The Bertz CT molecular complexity index is 800. The van der Waals surface area contributed by atoms with Crippen molar-refractivity contribution in [1.29, 1.82) is 0 Å². The van der Waals surface area contributed by atoms with Crippen molar-refractivity contribution in [3.63, 3.8) is 0 Å². The second-order valence-corrected chi connectivity index (χ2v) is 7.14. The average Bonchev–Trinajstić information content (AvgIpc) is 3.15. The number of fused-ring (bicyclic) bond motifs is 1. The van der Waals surface area contributed by atoms with Gasteiger partial charge in [-0.1, -0.05) is 20.8 Å². The van der Waals surface area contributed by atoms with Crippen LogP contribution in [-0.2, 0) is 5.41 Å². The van der Waals surface area contributed by atoms with Crippen LogP contribution in [0.15, 0.2) is 34.9 Å². The highest BCUT2D eigenvalue weighted by atomic mass is 16.3. The monoisotopic (exact) mass is 328 g/mol. The molecule has 24 heavy (non-hydrogen) atoms. The first-order valence-electron chi connectivity index (χ1n) is 8.03. The number of hydrogen-bond donors (Lipinski definition) is 1. The molecule has 0 saturated carbocycles. The van der Waals surface area contributed by atoms with Crippen LogP contribution in [0.3, 0.4) is 0 Å². The molecule has 3 rings (SSSR count). The molecule has 0 amide bonds. The number of hydrogen-bond acceptors (Lipinski definition) is 6. The summed E-state index contributed by atoms with van der Waals surface area (Å²) in [7, 11) is 4.06. The van der Waals surface area contributed by atoms with Gasteiger partial charge >= 0.3 is 0 Å². The van der Waals surface area contributed by atoms with Gasteiger partial charge in [0, 0.05) is 12.0 Å². The molecular formula is C17H24N6O. The fraction of sp³-hybridized carbons (Fsp3) is 0.471. The lowest BCUT2D eigenvalue weighted by Crippen LogP contribution is -2.27. The Kier molecular flexibility index (Phi) is 4.28. The van der Waals surface area contributed by atoms with Crippen molar-refractivity contribution in [2.45, 2.75) is 32.2 Å². The molecule has 0 aliphatic rings. The van der Waals surface area contributed by atoms with Crippen LogP contribution >= 0.6 is 0 Å². The second-order valence-electron chi connectivity index (χ2n) is 7.14. The van der Waals surface area contributed by atoms with Crippen LogP contribution < -0.4 is 5.32 Å². The van der Waals surface area contributed by atoms with Crippen molar-refractivity contribution in [2.75, 3.05) is 26.0 Å². The molecule has 1 atom stereocenters. The molecule has 1 N–H and O–H groups in total. The van der Waals surface area contributed by atoms with Crippen LogP contribution in [0.1, 0.15) is 38.4 Å². The zero-order chi connectivity index (χ0) is 17.3. The van der Waals surface area contributed by atoms with Crippen molar-refractivity contribution >= 4 is 11.5 Å². The van der Waals surface area contributed by atoms with Crippen molar-refractivity contribution in [3.05, 3.63) is 42.1 Å². The summed E-state index contributed by atoms with van der Waals surface area (Å²) in [4.78, 5) is 2.11. The predicted molar refractivity (Wildman–Crippen MR) is 93.1 cm³/mol. The normalized spacial score (nSPS) is 13.6. The van der Waals surface area contributed by atoms with Gasteiger partial charge in [-0.15, -0.1) is 15.3 Å². The molecule has 3 aromatic rings. The first-order valence-corrected chi connectivity index (χ1v) is 8.03. The van der Waals surface area contributed by atoms with Crippen LogP contribution in [0, 0.1) is 0 Å². The van der Waals surface area contributed by atoms with E-state index >= 15 is 0 Å². The first kappa shape index (κ1) is 16.4. The van der Waals surface area contributed by atoms with Gasteiger partial charge < -0.3 is 9.73 Å². The zero-order valence-electron chi connectivity index (χ0n) is 14.8. The summed E-state index contributed by atoms with van der Waals surface area (Å²) >= 11 is 0. The van der Waals surface area contributed by atoms with Crippen molar-refractivity contribution in [2.24, 2.45) is 0 Å². The van der Waals surface area contributed by atoms with E-state index in [1.54, 1.807) is 10.8 Å². The van der Waals surface area contributed by atoms with E-state index in [1.165, 1.54) is 0 Å². The van der Waals surface area contributed by atoms with Crippen LogP contribution in [0.25, 0.3) is 5.65 Å². The molecule has 0 radical (unpaired) electrons. The third-order valence-electron chi connectivity index (χ3n) is 3.91. The summed E-state index contributed by atoms with van der Waals surface area (Å²) in [6.07, 6.45) is 1.70. The molecule has 0 aliphatic heterocycles. The minimum atomic E-state index is -0.120. The molecule has 0 aromatic carbocycles. The van der Waals surface area contributed by atoms with Crippen molar-refractivity contribution in [1.82, 2.24) is 24.7 Å². The van der Waals surface area contributed by atoms with Gasteiger partial charge in [-0.05, 0) is 38.4 Å². The average molecular weight is 328 g/mol. The van der Waals surface area contributed by atoms with Gasteiger partial charge in [-0.2, -0.15) is 4.52 Å². The molecule has 0 spiro atoms. The number of nitrogens with one attached hydrogen (secondary N) is 1. The Morgan fingerprint density at radius 2 is 2.00 bits per heavy atom. The van der Waals surface area contributed by atoms with Gasteiger partial charge in [-0.3, -0.25) is 4.90 Å². The quantitative estimate of drug-likeness (QED) is 0.776. The molecule has 0 bridgehead atoms. The smallest absolute Gasteiger partial charge is 0.178 e. The zero-order valence-corrected chi connectivity index (χ0v) is 14.8. The van der Waals surface area contributed by atoms with Crippen molar-refractivity contribution < 1.29 is 4.42 Å². The van der Waals surface area contributed by atoms with E-state index in [1.807, 2.05) is 38.4 Å². The Labute approximate surface area is 141 Å². The maximum Gasteiger partial charge on any atom is 0.178 e. The molecule has 0 fully saturated rings. The third-order valence-corrected chi connectivity index (χ3v) is 3.91. The summed E-state index contributed by atoms with van der Waals surface area (Å²) in [5.41, 5.74) is 0.631. The SMILES string of the molecule is CN(C)C(CNc1ccc2nnc(C(C)(C)C)n2n1)c1ccco1. The Morgan fingerprint density at radius 3 is 2.62 bits per heavy atom. The van der Waals surface area contributed by atoms with E-state index in [0.717, 1.165) is 23.0 Å². The van der Waals surface area contributed by atoms with Crippen LogP contribution in [0.2, 0.25) is 0 Å². The predicted octanol–water partition coefficient (Wildman–Crippen LogP) is 2.73. The minimum absolute atomic E-state index is 0.120. The van der Waals surface area contributed by atoms with E-state index in [4.69, 9.17) is 4.42 Å².